The molecule has 0 aromatic heterocycles. The van der Waals surface area contributed by atoms with Gasteiger partial charge in [0.25, 0.3) is 5.79 Å². The van der Waals surface area contributed by atoms with Gasteiger partial charge in [0.15, 0.2) is 56.6 Å². The zero-order chi connectivity index (χ0) is 97.6. The van der Waals surface area contributed by atoms with Crippen molar-refractivity contribution in [2.24, 2.45) is 0 Å². The topological polar surface area (TPSA) is 925 Å². The van der Waals surface area contributed by atoms with E-state index in [0.29, 0.717) is 0 Å². The maximum absolute atomic E-state index is 13.3. The molecule has 132 heavy (non-hydrogen) atoms. The number of aliphatic hydroxyl groups excluding tert-OH is 28. The van der Waals surface area contributed by atoms with E-state index >= 15 is 0 Å². The van der Waals surface area contributed by atoms with Crippen molar-refractivity contribution in [3.05, 3.63) is 0 Å². The maximum Gasteiger partial charge on any atom is 0.364 e. The average molecular weight is 1930 g/mol. The Hall–Kier alpha value is -5.06. The molecule has 59 nitrogen and oxygen atoms in total. The second-order valence-electron chi connectivity index (χ2n) is 33.2. The number of nitrogens with one attached hydrogen (secondary N) is 5. The van der Waals surface area contributed by atoms with Gasteiger partial charge in [0.05, 0.1) is 77.7 Å². The van der Waals surface area contributed by atoms with E-state index in [-0.39, 0.29) is 0 Å². The molecule has 0 unspecified atom stereocenters. The van der Waals surface area contributed by atoms with Crippen LogP contribution in [0.15, 0.2) is 0 Å². The molecule has 10 heterocycles. The SMILES string of the molecule is CC(=O)N[C@@H]1[C@@H](O)[C@H](O[C@@H]2O[C@H](CO)[C@@H](O[C@@H]3O[C@H](CO[C@H]4O[C@H](CO)[C@@H](O)[C@H](O)[C@@H]4O[C@@H]4O[C@H](CO)[C@@H](O[C@@H]5O[C@H](CO[C@]6(C(=O)O)C[C@H](O)[C@@H](NC(=O)CO)[C@H]([C@H](O)[C@H](O)CO)O6)[C@H](O)[C@H](O)[C@H]5O)[C@H](O)[C@H]4NC(C)=O)[C@@H](O)[C@H](O[C@H]4O[C@H](CO)[C@@H](O)[C@H](O)[C@@H]4O[C@@H]4O[C@H](CO)[C@@H](O)[C@H](O)[C@H]4NC(C)=O)[C@@H]3O)[C@H](O)[C@H]2NC(C)=O)[C@@H](CO[C@@H]2O[C@@H](C)[C@@H](O)[C@@H](O)[C@@H]2O)O[C@H]1O. The zero-order valence-electron chi connectivity index (χ0n) is 70.8. The molecule has 51 atom stereocenters. The van der Waals surface area contributed by atoms with Crippen LogP contribution in [-0.4, -0.2) is 562 Å². The van der Waals surface area contributed by atoms with Crippen molar-refractivity contribution >= 4 is 35.5 Å². The molecule has 59 heteroatoms. The number of carboxylic acid groups (broad SMARTS) is 1. The minimum atomic E-state index is -3.16. The van der Waals surface area contributed by atoms with Gasteiger partial charge in [-0.2, -0.15) is 0 Å². The van der Waals surface area contributed by atoms with E-state index in [2.05, 4.69) is 26.6 Å². The summed E-state index contributed by atoms with van der Waals surface area (Å²) in [6.07, 6.45) is -98.0. The summed E-state index contributed by atoms with van der Waals surface area (Å²) in [6.45, 7) is -6.81. The number of carboxylic acids is 1. The summed E-state index contributed by atoms with van der Waals surface area (Å²) < 4.78 is 113. The third-order valence-corrected chi connectivity index (χ3v) is 23.9. The maximum atomic E-state index is 13.3. The van der Waals surface area contributed by atoms with Crippen molar-refractivity contribution in [1.29, 1.82) is 0 Å². The quantitative estimate of drug-likeness (QED) is 0.0277. The monoisotopic (exact) mass is 1930 g/mol. The predicted octanol–water partition coefficient (Wildman–Crippen LogP) is -22.9. The van der Waals surface area contributed by atoms with Crippen LogP contribution < -0.4 is 26.6 Å². The Balaban J connectivity index is 0.947. The molecule has 0 aromatic rings. The van der Waals surface area contributed by atoms with Gasteiger partial charge in [0, 0.05) is 34.1 Å². The number of aliphatic carboxylic acids is 1. The number of rotatable bonds is 36. The average Bonchev–Trinajstić information content (AvgIpc) is 0.770. The lowest BCUT2D eigenvalue weighted by Gasteiger charge is -2.51. The van der Waals surface area contributed by atoms with Crippen LogP contribution in [0.4, 0.5) is 0 Å². The van der Waals surface area contributed by atoms with Crippen LogP contribution in [-0.2, 0) is 119 Å². The normalized spacial score (nSPS) is 47.2. The lowest BCUT2D eigenvalue weighted by Crippen LogP contribution is -2.71. The highest BCUT2D eigenvalue weighted by Gasteiger charge is 2.63. The van der Waals surface area contributed by atoms with E-state index in [1.165, 1.54) is 6.92 Å². The molecule has 10 saturated heterocycles. The third kappa shape index (κ3) is 24.3. The predicted molar refractivity (Wildman–Crippen MR) is 405 cm³/mol. The molecule has 0 aromatic carbocycles. The summed E-state index contributed by atoms with van der Waals surface area (Å²) in [5, 5.41) is 335. The number of amides is 5. The molecule has 10 rings (SSSR count). The summed E-state index contributed by atoms with van der Waals surface area (Å²) >= 11 is 0. The van der Waals surface area contributed by atoms with E-state index < -0.39 is 420 Å². The van der Waals surface area contributed by atoms with Crippen LogP contribution in [0.3, 0.4) is 0 Å². The van der Waals surface area contributed by atoms with Crippen LogP contribution in [0, 0.1) is 0 Å². The first-order valence-electron chi connectivity index (χ1n) is 41.8. The van der Waals surface area contributed by atoms with Gasteiger partial charge in [-0.25, -0.2) is 4.79 Å². The van der Waals surface area contributed by atoms with Crippen LogP contribution in [0.1, 0.15) is 41.0 Å². The minimum Gasteiger partial charge on any atom is -0.477 e. The van der Waals surface area contributed by atoms with Crippen molar-refractivity contribution in [2.75, 3.05) is 66.1 Å². The van der Waals surface area contributed by atoms with E-state index in [4.69, 9.17) is 90.0 Å². The van der Waals surface area contributed by atoms with Gasteiger partial charge in [0.1, 0.15) is 238 Å². The first-order chi connectivity index (χ1) is 62.2. The highest BCUT2D eigenvalue weighted by molar-refractivity contribution is 5.78. The number of carbonyl (C=O) groups is 6. The molecule has 10 aliphatic heterocycles. The summed E-state index contributed by atoms with van der Waals surface area (Å²) in [5.74, 6) is -10.3. The Kier molecular flexibility index (Phi) is 39.0. The third-order valence-electron chi connectivity index (χ3n) is 23.9. The lowest BCUT2D eigenvalue weighted by molar-refractivity contribution is -0.397. The first-order valence-corrected chi connectivity index (χ1v) is 41.8. The van der Waals surface area contributed by atoms with E-state index in [0.717, 1.165) is 27.7 Å². The lowest BCUT2D eigenvalue weighted by atomic mass is 9.88. The number of aliphatic hydroxyl groups is 28. The molecule has 34 N–H and O–H groups in total. The van der Waals surface area contributed by atoms with Crippen LogP contribution in [0.5, 0.6) is 0 Å². The fraction of sp³-hybridized carbons (Fsp3) is 0.918. The van der Waals surface area contributed by atoms with Gasteiger partial charge in [-0.05, 0) is 6.92 Å². The Morgan fingerprint density at radius 2 is 0.712 bits per heavy atom. The number of ether oxygens (including phenoxy) is 19. The van der Waals surface area contributed by atoms with Gasteiger partial charge < -0.3 is 265 Å². The molecule has 0 spiro atoms. The number of carbonyl (C=O) groups excluding carboxylic acids is 5. The first kappa shape index (κ1) is 109. The second-order valence-corrected chi connectivity index (χ2v) is 33.2. The Morgan fingerprint density at radius 1 is 0.341 bits per heavy atom. The van der Waals surface area contributed by atoms with Gasteiger partial charge in [-0.1, -0.05) is 0 Å². The fourth-order valence-corrected chi connectivity index (χ4v) is 16.8. The minimum absolute atomic E-state index is 0.855. The molecule has 5 amide bonds. The van der Waals surface area contributed by atoms with Crippen LogP contribution in [0.2, 0.25) is 0 Å². The molecule has 10 aliphatic rings. The molecule has 0 bridgehead atoms. The molecule has 0 aliphatic carbocycles. The Morgan fingerprint density at radius 3 is 1.20 bits per heavy atom. The van der Waals surface area contributed by atoms with Crippen molar-refractivity contribution in [3.8, 4) is 0 Å². The van der Waals surface area contributed by atoms with Gasteiger partial charge >= 0.3 is 5.97 Å². The van der Waals surface area contributed by atoms with Crippen molar-refractivity contribution in [3.63, 3.8) is 0 Å². The summed E-state index contributed by atoms with van der Waals surface area (Å²) in [5.41, 5.74) is 0. The van der Waals surface area contributed by atoms with E-state index in [1.54, 1.807) is 0 Å². The summed E-state index contributed by atoms with van der Waals surface area (Å²) in [6, 6.07) is -9.56. The smallest absolute Gasteiger partial charge is 0.364 e. The van der Waals surface area contributed by atoms with Crippen LogP contribution >= 0.6 is 0 Å². The zero-order valence-corrected chi connectivity index (χ0v) is 70.8. The highest BCUT2D eigenvalue weighted by Crippen LogP contribution is 2.42. The molecule has 10 fully saturated rings. The van der Waals surface area contributed by atoms with E-state index in [9.17, 15) is 177 Å². The molecular formula is C73H121N5O54. The van der Waals surface area contributed by atoms with Crippen molar-refractivity contribution < 1.29 is 267 Å². The standard InChI is InChI=1S/C73H121N5O54/c1-17-38(93)49(104)53(108)67(117-17)114-15-31-58(46(101)34(63(111)118-31)74-18(2)86)126-65-36(76-20(4)88)47(102)57(28(12-84)122-65)128-69-55(110)60(129-71-62(52(107)42(97)26(10-82)121-71)131-64-35(75-19(3)87)45(100)40(95)24(8-80)119-64)44(99)29(124-69)14-115-70-61(51(106)41(96)25(9-81)120-70)130-66-37(77-21(5)89)48(103)56(27(11-83)123-66)127-68-54(109)50(105)43(98)30(125-68)16-116-73(72(112)113)6-22(90)33(78-32(92)13-85)59(132-73)39(94)23(91)7-79/h17,22-31,33-71,79-85,90-91,93-111H,6-16H2,1-5H3,(H,74,86)(H,75,87)(H,76,88)(H,77,89)(H,78,92)(H,112,113)/t17-,22-,23+,24+,25+,26+,27+,28+,29+,30+,31+,33+,34+,35+,36+,37+,38+,39+,40+,41+,42+,43-,44+,45+,46+,47+,48+,49+,50-,51-,52-,53-,54+,55-,56+,57+,58+,59+,60-,61-,62-,63+,64-,65-,66-,67+,68-,69-,70-,71+,73+/m0/s1. The van der Waals surface area contributed by atoms with Crippen LogP contribution in [0.25, 0.3) is 0 Å². The van der Waals surface area contributed by atoms with Gasteiger partial charge in [-0.15, -0.1) is 0 Å². The largest absolute Gasteiger partial charge is 0.477 e. The molecule has 0 radical (unpaired) electrons. The van der Waals surface area contributed by atoms with Gasteiger partial charge in [0.2, 0.25) is 29.5 Å². The summed E-state index contributed by atoms with van der Waals surface area (Å²) in [4.78, 5) is 76.8. The van der Waals surface area contributed by atoms with Gasteiger partial charge in [-0.3, -0.25) is 24.0 Å². The van der Waals surface area contributed by atoms with Crippen molar-refractivity contribution in [1.82, 2.24) is 26.6 Å². The molecule has 0 saturated carbocycles. The second kappa shape index (κ2) is 47.3. The number of hydrogen-bond donors (Lipinski definition) is 34. The molecule has 762 valence electrons. The van der Waals surface area contributed by atoms with Crippen molar-refractivity contribution in [2.45, 2.75) is 353 Å². The molecular weight excluding hydrogens is 1810 g/mol. The Bertz CT molecular complexity index is 3680. The fourth-order valence-electron chi connectivity index (χ4n) is 16.8. The highest BCUT2D eigenvalue weighted by atomic mass is 16.8. The Labute approximate surface area is 746 Å². The summed E-state index contributed by atoms with van der Waals surface area (Å²) in [7, 11) is 0. The van der Waals surface area contributed by atoms with E-state index in [1.807, 2.05) is 0 Å². The number of hydrogen-bond acceptors (Lipinski definition) is 53.